The predicted molar refractivity (Wildman–Crippen MR) is 91.6 cm³/mol. The minimum Gasteiger partial charge on any atom is -0.451 e. The van der Waals surface area contributed by atoms with E-state index in [1.54, 1.807) is 36.4 Å². The van der Waals surface area contributed by atoms with E-state index < -0.39 is 0 Å². The van der Waals surface area contributed by atoms with Crippen molar-refractivity contribution in [3.05, 3.63) is 82.8 Å². The maximum atomic E-state index is 12.8. The molecule has 24 heavy (non-hydrogen) atoms. The molecule has 3 rings (SSSR count). The topological polar surface area (TPSA) is 42.2 Å². The summed E-state index contributed by atoms with van der Waals surface area (Å²) in [5.41, 5.74) is 1.81. The fourth-order valence-electron chi connectivity index (χ4n) is 2.29. The number of amides is 1. The van der Waals surface area contributed by atoms with Gasteiger partial charge in [-0.3, -0.25) is 4.79 Å². The Morgan fingerprint density at radius 3 is 2.42 bits per heavy atom. The van der Waals surface area contributed by atoms with Gasteiger partial charge in [-0.15, -0.1) is 0 Å². The second kappa shape index (κ2) is 7.32. The van der Waals surface area contributed by atoms with Gasteiger partial charge in [-0.25, -0.2) is 4.39 Å². The molecule has 0 fully saturated rings. The molecule has 0 aliphatic carbocycles. The first-order chi connectivity index (χ1) is 11.6. The number of furan rings is 1. The summed E-state index contributed by atoms with van der Waals surface area (Å²) in [5.74, 6) is 0.305. The van der Waals surface area contributed by atoms with Crippen LogP contribution in [0, 0.1) is 5.82 Å². The molecule has 0 aliphatic rings. The van der Waals surface area contributed by atoms with E-state index in [1.807, 2.05) is 12.1 Å². The molecular weight excluding hydrogens is 329 g/mol. The number of halogens is 2. The van der Waals surface area contributed by atoms with Crippen molar-refractivity contribution in [3.63, 3.8) is 0 Å². The monoisotopic (exact) mass is 343 g/mol. The Morgan fingerprint density at radius 2 is 1.71 bits per heavy atom. The molecule has 0 atom stereocenters. The highest BCUT2D eigenvalue weighted by molar-refractivity contribution is 6.30. The average molecular weight is 344 g/mol. The highest BCUT2D eigenvalue weighted by Gasteiger charge is 2.11. The first-order valence-corrected chi connectivity index (χ1v) is 7.88. The van der Waals surface area contributed by atoms with Crippen molar-refractivity contribution in [3.8, 4) is 11.3 Å². The fraction of sp³-hybridized carbons (Fsp3) is 0.105. The molecule has 0 radical (unpaired) electrons. The number of carbonyl (C=O) groups is 1. The van der Waals surface area contributed by atoms with E-state index in [4.69, 9.17) is 16.0 Å². The Morgan fingerprint density at radius 1 is 1.00 bits per heavy atom. The molecule has 1 N–H and O–H groups in total. The quantitative estimate of drug-likeness (QED) is 0.729. The first kappa shape index (κ1) is 16.3. The van der Waals surface area contributed by atoms with Crippen LogP contribution >= 0.6 is 11.6 Å². The summed E-state index contributed by atoms with van der Waals surface area (Å²) in [6.45, 7) is 0.446. The van der Waals surface area contributed by atoms with Gasteiger partial charge in [0.1, 0.15) is 11.6 Å². The number of benzene rings is 2. The third-order valence-corrected chi connectivity index (χ3v) is 3.82. The number of hydrogen-bond acceptors (Lipinski definition) is 2. The van der Waals surface area contributed by atoms with Gasteiger partial charge in [-0.1, -0.05) is 23.7 Å². The van der Waals surface area contributed by atoms with Gasteiger partial charge < -0.3 is 9.73 Å². The van der Waals surface area contributed by atoms with Crippen molar-refractivity contribution < 1.29 is 13.6 Å². The zero-order valence-corrected chi connectivity index (χ0v) is 13.5. The van der Waals surface area contributed by atoms with Crippen LogP contribution < -0.4 is 5.32 Å². The summed E-state index contributed by atoms with van der Waals surface area (Å²) in [4.78, 5) is 12.1. The minimum atomic E-state index is -0.280. The summed E-state index contributed by atoms with van der Waals surface area (Å²) in [6.07, 6.45) is 0.622. The summed E-state index contributed by atoms with van der Waals surface area (Å²) in [5, 5.41) is 3.43. The van der Waals surface area contributed by atoms with Gasteiger partial charge in [0.2, 0.25) is 0 Å². The molecule has 1 amide bonds. The van der Waals surface area contributed by atoms with Gasteiger partial charge in [-0.05, 0) is 60.5 Å². The lowest BCUT2D eigenvalue weighted by Crippen LogP contribution is -2.25. The standard InChI is InChI=1S/C19H15ClFNO2/c20-15-5-3-14(4-6-15)17-9-10-18(24-17)19(23)22-12-11-13-1-7-16(21)8-2-13/h1-10H,11-12H2,(H,22,23). The Bertz CT molecular complexity index is 825. The van der Waals surface area contributed by atoms with E-state index in [1.165, 1.54) is 12.1 Å². The normalized spacial score (nSPS) is 10.6. The molecule has 2 aromatic carbocycles. The minimum absolute atomic E-state index is 0.249. The molecule has 0 saturated heterocycles. The van der Waals surface area contributed by atoms with E-state index in [9.17, 15) is 9.18 Å². The molecule has 1 heterocycles. The van der Waals surface area contributed by atoms with Crippen molar-refractivity contribution in [2.24, 2.45) is 0 Å². The van der Waals surface area contributed by atoms with E-state index in [2.05, 4.69) is 5.32 Å². The van der Waals surface area contributed by atoms with Crippen molar-refractivity contribution >= 4 is 17.5 Å². The number of rotatable bonds is 5. The van der Waals surface area contributed by atoms with Crippen LogP contribution in [-0.4, -0.2) is 12.5 Å². The van der Waals surface area contributed by atoms with Crippen LogP contribution in [-0.2, 0) is 6.42 Å². The van der Waals surface area contributed by atoms with Crippen LogP contribution in [0.3, 0.4) is 0 Å². The lowest BCUT2D eigenvalue weighted by atomic mass is 10.1. The molecule has 0 unspecified atom stereocenters. The molecule has 3 nitrogen and oxygen atoms in total. The van der Waals surface area contributed by atoms with Crippen molar-refractivity contribution in [1.82, 2.24) is 5.32 Å². The summed E-state index contributed by atoms with van der Waals surface area (Å²) < 4.78 is 18.4. The van der Waals surface area contributed by atoms with Crippen molar-refractivity contribution in [2.75, 3.05) is 6.54 Å². The smallest absolute Gasteiger partial charge is 0.287 e. The van der Waals surface area contributed by atoms with E-state index in [-0.39, 0.29) is 17.5 Å². The molecular formula is C19H15ClFNO2. The van der Waals surface area contributed by atoms with Crippen LogP contribution in [0.2, 0.25) is 5.02 Å². The third kappa shape index (κ3) is 4.03. The zero-order chi connectivity index (χ0) is 16.9. The van der Waals surface area contributed by atoms with E-state index >= 15 is 0 Å². The fourth-order valence-corrected chi connectivity index (χ4v) is 2.41. The van der Waals surface area contributed by atoms with Crippen LogP contribution in [0.5, 0.6) is 0 Å². The molecule has 0 bridgehead atoms. The molecule has 0 spiro atoms. The second-order valence-electron chi connectivity index (χ2n) is 5.30. The van der Waals surface area contributed by atoms with Crippen LogP contribution in [0.15, 0.2) is 65.1 Å². The first-order valence-electron chi connectivity index (χ1n) is 7.50. The lowest BCUT2D eigenvalue weighted by Gasteiger charge is -2.04. The molecule has 0 aliphatic heterocycles. The Balaban J connectivity index is 1.57. The molecule has 5 heteroatoms. The van der Waals surface area contributed by atoms with Crippen LogP contribution in [0.1, 0.15) is 16.1 Å². The third-order valence-electron chi connectivity index (χ3n) is 3.57. The number of carbonyl (C=O) groups excluding carboxylic acids is 1. The van der Waals surface area contributed by atoms with Crippen molar-refractivity contribution in [1.29, 1.82) is 0 Å². The summed E-state index contributed by atoms with van der Waals surface area (Å²) in [7, 11) is 0. The zero-order valence-electron chi connectivity index (χ0n) is 12.8. The Kier molecular flexibility index (Phi) is 4.96. The van der Waals surface area contributed by atoms with Gasteiger partial charge in [0.25, 0.3) is 5.91 Å². The average Bonchev–Trinajstić information content (AvgIpc) is 3.07. The van der Waals surface area contributed by atoms with Gasteiger partial charge in [0, 0.05) is 17.1 Å². The Hall–Kier alpha value is -2.59. The highest BCUT2D eigenvalue weighted by Crippen LogP contribution is 2.23. The van der Waals surface area contributed by atoms with Gasteiger partial charge >= 0.3 is 0 Å². The highest BCUT2D eigenvalue weighted by atomic mass is 35.5. The molecule has 1 aromatic heterocycles. The van der Waals surface area contributed by atoms with Crippen molar-refractivity contribution in [2.45, 2.75) is 6.42 Å². The largest absolute Gasteiger partial charge is 0.451 e. The van der Waals surface area contributed by atoms with E-state index in [0.29, 0.717) is 23.7 Å². The van der Waals surface area contributed by atoms with Gasteiger partial charge in [-0.2, -0.15) is 0 Å². The Labute approximate surface area is 144 Å². The van der Waals surface area contributed by atoms with Crippen LogP contribution in [0.4, 0.5) is 4.39 Å². The molecule has 122 valence electrons. The van der Waals surface area contributed by atoms with Gasteiger partial charge in [0.15, 0.2) is 5.76 Å². The SMILES string of the molecule is O=C(NCCc1ccc(F)cc1)c1ccc(-c2ccc(Cl)cc2)o1. The summed E-state index contributed by atoms with van der Waals surface area (Å²) in [6, 6.07) is 16.8. The van der Waals surface area contributed by atoms with Gasteiger partial charge in [0.05, 0.1) is 0 Å². The molecule has 3 aromatic rings. The number of hydrogen-bond donors (Lipinski definition) is 1. The molecule has 0 saturated carbocycles. The van der Waals surface area contributed by atoms with Crippen LogP contribution in [0.25, 0.3) is 11.3 Å². The summed E-state index contributed by atoms with van der Waals surface area (Å²) >= 11 is 5.86. The maximum Gasteiger partial charge on any atom is 0.287 e. The number of nitrogens with one attached hydrogen (secondary N) is 1. The maximum absolute atomic E-state index is 12.8. The second-order valence-corrected chi connectivity index (χ2v) is 5.74. The van der Waals surface area contributed by atoms with E-state index in [0.717, 1.165) is 11.1 Å². The predicted octanol–water partition coefficient (Wildman–Crippen LogP) is 4.71. The lowest BCUT2D eigenvalue weighted by molar-refractivity contribution is 0.0927.